The van der Waals surface area contributed by atoms with Gasteiger partial charge in [0.15, 0.2) is 0 Å². The maximum absolute atomic E-state index is 11.3. The third-order valence-corrected chi connectivity index (χ3v) is 3.81. The lowest BCUT2D eigenvalue weighted by Crippen LogP contribution is -2.34. The molecular formula is C15H29NO5. The fourth-order valence-electron chi connectivity index (χ4n) is 2.30. The van der Waals surface area contributed by atoms with Crippen molar-refractivity contribution < 1.29 is 24.1 Å². The van der Waals surface area contributed by atoms with E-state index in [2.05, 4.69) is 12.2 Å². The van der Waals surface area contributed by atoms with E-state index in [9.17, 15) is 9.90 Å². The standard InChI is InChI=1S/C15H29NO5/c1-2-3-7-19-9-11-21-12-10-20-8-5-15(14(17)18)4-6-16-13-15/h16H,2-13H2,1H3,(H,17,18). The lowest BCUT2D eigenvalue weighted by molar-refractivity contribution is -0.149. The Bertz CT molecular complexity index is 279. The summed E-state index contributed by atoms with van der Waals surface area (Å²) in [6.07, 6.45) is 3.46. The topological polar surface area (TPSA) is 77.0 Å². The van der Waals surface area contributed by atoms with Crippen molar-refractivity contribution in [3.8, 4) is 0 Å². The number of aliphatic carboxylic acids is 1. The molecule has 6 nitrogen and oxygen atoms in total. The number of carboxylic acids is 1. The Morgan fingerprint density at radius 2 is 1.71 bits per heavy atom. The molecule has 1 heterocycles. The molecule has 0 saturated carbocycles. The van der Waals surface area contributed by atoms with Gasteiger partial charge in [0.25, 0.3) is 0 Å². The average molecular weight is 303 g/mol. The summed E-state index contributed by atoms with van der Waals surface area (Å²) >= 11 is 0. The first-order chi connectivity index (χ1) is 10.2. The Labute approximate surface area is 127 Å². The zero-order valence-electron chi connectivity index (χ0n) is 13.1. The van der Waals surface area contributed by atoms with Gasteiger partial charge in [-0.05, 0) is 25.8 Å². The van der Waals surface area contributed by atoms with Crippen LogP contribution >= 0.6 is 0 Å². The molecule has 0 aromatic carbocycles. The molecule has 0 aromatic heterocycles. The van der Waals surface area contributed by atoms with Crippen molar-refractivity contribution in [2.24, 2.45) is 5.41 Å². The van der Waals surface area contributed by atoms with E-state index in [0.717, 1.165) is 26.0 Å². The van der Waals surface area contributed by atoms with Gasteiger partial charge in [0, 0.05) is 19.8 Å². The number of hydrogen-bond donors (Lipinski definition) is 2. The summed E-state index contributed by atoms with van der Waals surface area (Å²) in [6, 6.07) is 0. The Morgan fingerprint density at radius 3 is 2.24 bits per heavy atom. The van der Waals surface area contributed by atoms with Crippen molar-refractivity contribution >= 4 is 5.97 Å². The van der Waals surface area contributed by atoms with Crippen molar-refractivity contribution in [2.75, 3.05) is 52.7 Å². The van der Waals surface area contributed by atoms with Crippen molar-refractivity contribution in [1.29, 1.82) is 0 Å². The van der Waals surface area contributed by atoms with Gasteiger partial charge in [0.2, 0.25) is 0 Å². The molecule has 0 spiro atoms. The van der Waals surface area contributed by atoms with E-state index < -0.39 is 11.4 Å². The number of nitrogens with one attached hydrogen (secondary N) is 1. The van der Waals surface area contributed by atoms with E-state index in [0.29, 0.717) is 52.4 Å². The second-order valence-corrected chi connectivity index (χ2v) is 5.45. The van der Waals surface area contributed by atoms with Gasteiger partial charge in [-0.15, -0.1) is 0 Å². The van der Waals surface area contributed by atoms with Crippen LogP contribution in [0.4, 0.5) is 0 Å². The summed E-state index contributed by atoms with van der Waals surface area (Å²) < 4.78 is 16.2. The number of unbranched alkanes of at least 4 members (excludes halogenated alkanes) is 1. The van der Waals surface area contributed by atoms with E-state index >= 15 is 0 Å². The molecule has 1 aliphatic rings. The normalized spacial score (nSPS) is 21.8. The highest BCUT2D eigenvalue weighted by Gasteiger charge is 2.40. The van der Waals surface area contributed by atoms with Crippen LogP contribution in [0, 0.1) is 5.41 Å². The van der Waals surface area contributed by atoms with Crippen LogP contribution in [0.25, 0.3) is 0 Å². The van der Waals surface area contributed by atoms with Crippen LogP contribution in [0.5, 0.6) is 0 Å². The minimum absolute atomic E-state index is 0.463. The summed E-state index contributed by atoms with van der Waals surface area (Å²) in [7, 11) is 0. The molecule has 0 bridgehead atoms. The first-order valence-electron chi connectivity index (χ1n) is 7.88. The lowest BCUT2D eigenvalue weighted by Gasteiger charge is -2.22. The van der Waals surface area contributed by atoms with Gasteiger partial charge in [-0.1, -0.05) is 13.3 Å². The molecule has 0 aromatic rings. The Balaban J connectivity index is 1.91. The van der Waals surface area contributed by atoms with E-state index in [1.165, 1.54) is 0 Å². The van der Waals surface area contributed by atoms with Gasteiger partial charge in [0.1, 0.15) is 0 Å². The molecule has 0 aliphatic carbocycles. The highest BCUT2D eigenvalue weighted by Crippen LogP contribution is 2.29. The summed E-state index contributed by atoms with van der Waals surface area (Å²) in [6.45, 7) is 6.92. The average Bonchev–Trinajstić information content (AvgIpc) is 2.95. The Hall–Kier alpha value is -0.690. The Morgan fingerprint density at radius 1 is 1.10 bits per heavy atom. The fourth-order valence-corrected chi connectivity index (χ4v) is 2.30. The predicted octanol–water partition coefficient (Wildman–Crippen LogP) is 1.29. The molecule has 2 N–H and O–H groups in total. The molecule has 1 fully saturated rings. The maximum Gasteiger partial charge on any atom is 0.311 e. The molecule has 6 heteroatoms. The molecule has 1 aliphatic heterocycles. The van der Waals surface area contributed by atoms with Gasteiger partial charge in [-0.3, -0.25) is 4.79 Å². The molecule has 0 amide bonds. The van der Waals surface area contributed by atoms with E-state index in [1.54, 1.807) is 0 Å². The molecular weight excluding hydrogens is 274 g/mol. The number of carboxylic acid groups (broad SMARTS) is 1. The van der Waals surface area contributed by atoms with Crippen LogP contribution in [0.3, 0.4) is 0 Å². The van der Waals surface area contributed by atoms with Crippen molar-refractivity contribution in [3.63, 3.8) is 0 Å². The lowest BCUT2D eigenvalue weighted by atomic mass is 9.84. The molecule has 1 rings (SSSR count). The third kappa shape index (κ3) is 7.22. The van der Waals surface area contributed by atoms with Crippen LogP contribution in [-0.2, 0) is 19.0 Å². The van der Waals surface area contributed by atoms with E-state index in [4.69, 9.17) is 14.2 Å². The van der Waals surface area contributed by atoms with Crippen molar-refractivity contribution in [1.82, 2.24) is 5.32 Å². The highest BCUT2D eigenvalue weighted by atomic mass is 16.5. The number of ether oxygens (including phenoxy) is 3. The van der Waals surface area contributed by atoms with Crippen LogP contribution in [0.1, 0.15) is 32.6 Å². The van der Waals surface area contributed by atoms with Gasteiger partial charge >= 0.3 is 5.97 Å². The second-order valence-electron chi connectivity index (χ2n) is 5.45. The summed E-state index contributed by atoms with van der Waals surface area (Å²) in [5, 5.41) is 12.4. The van der Waals surface area contributed by atoms with Gasteiger partial charge < -0.3 is 24.6 Å². The monoisotopic (exact) mass is 303 g/mol. The first-order valence-corrected chi connectivity index (χ1v) is 7.88. The van der Waals surface area contributed by atoms with E-state index in [-0.39, 0.29) is 0 Å². The SMILES string of the molecule is CCCCOCCOCCOCCC1(C(=O)O)CCNC1. The van der Waals surface area contributed by atoms with Crippen LogP contribution in [0.2, 0.25) is 0 Å². The van der Waals surface area contributed by atoms with Crippen LogP contribution in [-0.4, -0.2) is 63.8 Å². The van der Waals surface area contributed by atoms with Crippen molar-refractivity contribution in [3.05, 3.63) is 0 Å². The summed E-state index contributed by atoms with van der Waals surface area (Å²) in [5.74, 6) is -0.725. The van der Waals surface area contributed by atoms with Crippen LogP contribution in [0.15, 0.2) is 0 Å². The largest absolute Gasteiger partial charge is 0.481 e. The van der Waals surface area contributed by atoms with Crippen LogP contribution < -0.4 is 5.32 Å². The first kappa shape index (κ1) is 18.4. The zero-order chi connectivity index (χ0) is 15.4. The highest BCUT2D eigenvalue weighted by molar-refractivity contribution is 5.75. The summed E-state index contributed by atoms with van der Waals surface area (Å²) in [4.78, 5) is 11.3. The van der Waals surface area contributed by atoms with Gasteiger partial charge in [-0.2, -0.15) is 0 Å². The summed E-state index contributed by atoms with van der Waals surface area (Å²) in [5.41, 5.74) is -0.645. The quantitative estimate of drug-likeness (QED) is 0.499. The van der Waals surface area contributed by atoms with Crippen molar-refractivity contribution in [2.45, 2.75) is 32.6 Å². The Kier molecular flexibility index (Phi) is 9.58. The second kappa shape index (κ2) is 11.0. The number of carbonyl (C=O) groups is 1. The molecule has 1 atom stereocenters. The van der Waals surface area contributed by atoms with Gasteiger partial charge in [0.05, 0.1) is 31.8 Å². The molecule has 1 saturated heterocycles. The minimum atomic E-state index is -0.725. The maximum atomic E-state index is 11.3. The minimum Gasteiger partial charge on any atom is -0.481 e. The number of hydrogen-bond acceptors (Lipinski definition) is 5. The molecule has 1 unspecified atom stereocenters. The molecule has 0 radical (unpaired) electrons. The molecule has 21 heavy (non-hydrogen) atoms. The smallest absolute Gasteiger partial charge is 0.311 e. The molecule has 124 valence electrons. The fraction of sp³-hybridized carbons (Fsp3) is 0.933. The van der Waals surface area contributed by atoms with E-state index in [1.807, 2.05) is 0 Å². The zero-order valence-corrected chi connectivity index (χ0v) is 13.1. The number of rotatable bonds is 13. The third-order valence-electron chi connectivity index (χ3n) is 3.81. The van der Waals surface area contributed by atoms with Gasteiger partial charge in [-0.25, -0.2) is 0 Å². The predicted molar refractivity (Wildman–Crippen MR) is 79.5 cm³/mol.